The zero-order chi connectivity index (χ0) is 16.9. The van der Waals surface area contributed by atoms with Crippen molar-refractivity contribution in [2.45, 2.75) is 38.1 Å². The lowest BCUT2D eigenvalue weighted by Gasteiger charge is -2.22. The van der Waals surface area contributed by atoms with Crippen molar-refractivity contribution in [3.05, 3.63) is 42.4 Å². The second-order valence-electron chi connectivity index (χ2n) is 6.44. The van der Waals surface area contributed by atoms with E-state index in [0.717, 1.165) is 30.6 Å². The summed E-state index contributed by atoms with van der Waals surface area (Å²) in [5.74, 6) is 0.381. The number of nitrogens with zero attached hydrogens (tertiary/aromatic N) is 2. The zero-order valence-electron chi connectivity index (χ0n) is 14.4. The van der Waals surface area contributed by atoms with Crippen molar-refractivity contribution in [2.24, 2.45) is 0 Å². The largest absolute Gasteiger partial charge is 0.384 e. The molecule has 3 rings (SSSR count). The molecule has 0 aliphatic carbocycles. The summed E-state index contributed by atoms with van der Waals surface area (Å²) in [6, 6.07) is 10.6. The number of nitrogens with one attached hydrogen (secondary N) is 1. The van der Waals surface area contributed by atoms with Gasteiger partial charge in [-0.15, -0.1) is 0 Å². The first kappa shape index (κ1) is 16.7. The Balaban J connectivity index is 1.99. The summed E-state index contributed by atoms with van der Waals surface area (Å²) in [6.45, 7) is 3.54. The molecule has 2 atom stereocenters. The van der Waals surface area contributed by atoms with Crippen LogP contribution in [-0.4, -0.2) is 35.7 Å². The van der Waals surface area contributed by atoms with Crippen LogP contribution in [0.3, 0.4) is 0 Å². The number of carbonyl (C=O) groups is 1. The first-order valence-electron chi connectivity index (χ1n) is 8.58. The summed E-state index contributed by atoms with van der Waals surface area (Å²) in [5, 5.41) is 2.96. The standard InChI is InChI=1S/C19H25N3O2/c1-14(12-24-2)19-18(15-6-4-3-5-7-15)21-13-22(19)16-8-9-17(23)20-11-10-16/h3-7,13-14,16H,8-12H2,1-2H3,(H,20,23). The van der Waals surface area contributed by atoms with Crippen molar-refractivity contribution >= 4 is 5.91 Å². The molecule has 1 N–H and O–H groups in total. The van der Waals surface area contributed by atoms with Gasteiger partial charge in [-0.3, -0.25) is 4.79 Å². The minimum atomic E-state index is 0.146. The normalized spacial score (nSPS) is 19.6. The van der Waals surface area contributed by atoms with E-state index < -0.39 is 0 Å². The highest BCUT2D eigenvalue weighted by atomic mass is 16.5. The number of hydrogen-bond donors (Lipinski definition) is 1. The van der Waals surface area contributed by atoms with Gasteiger partial charge in [0, 0.05) is 37.6 Å². The number of hydrogen-bond acceptors (Lipinski definition) is 3. The van der Waals surface area contributed by atoms with Gasteiger partial charge in [0.25, 0.3) is 0 Å². The van der Waals surface area contributed by atoms with E-state index in [1.165, 1.54) is 5.69 Å². The van der Waals surface area contributed by atoms with Gasteiger partial charge < -0.3 is 14.6 Å². The molecule has 1 amide bonds. The summed E-state index contributed by atoms with van der Waals surface area (Å²) in [6.07, 6.45) is 4.29. The Morgan fingerprint density at radius 3 is 2.88 bits per heavy atom. The van der Waals surface area contributed by atoms with Gasteiger partial charge in [0.1, 0.15) is 0 Å². The lowest BCUT2D eigenvalue weighted by molar-refractivity contribution is -0.120. The maximum atomic E-state index is 11.7. The third kappa shape index (κ3) is 3.51. The third-order valence-electron chi connectivity index (χ3n) is 4.66. The number of amides is 1. The van der Waals surface area contributed by atoms with E-state index in [9.17, 15) is 4.79 Å². The van der Waals surface area contributed by atoms with Gasteiger partial charge in [-0.05, 0) is 12.8 Å². The van der Waals surface area contributed by atoms with E-state index in [0.29, 0.717) is 19.1 Å². The van der Waals surface area contributed by atoms with Crippen LogP contribution in [0.1, 0.15) is 43.8 Å². The number of aromatic nitrogens is 2. The van der Waals surface area contributed by atoms with Gasteiger partial charge in [0.05, 0.1) is 24.3 Å². The van der Waals surface area contributed by atoms with E-state index in [1.807, 2.05) is 24.5 Å². The first-order valence-corrected chi connectivity index (χ1v) is 8.58. The van der Waals surface area contributed by atoms with Gasteiger partial charge in [-0.25, -0.2) is 4.98 Å². The van der Waals surface area contributed by atoms with Crippen LogP contribution < -0.4 is 5.32 Å². The maximum absolute atomic E-state index is 11.7. The predicted molar refractivity (Wildman–Crippen MR) is 93.9 cm³/mol. The molecular formula is C19H25N3O2. The van der Waals surface area contributed by atoms with Crippen molar-refractivity contribution in [2.75, 3.05) is 20.3 Å². The van der Waals surface area contributed by atoms with Crippen molar-refractivity contribution in [1.29, 1.82) is 0 Å². The molecule has 5 nitrogen and oxygen atoms in total. The molecule has 0 spiro atoms. The van der Waals surface area contributed by atoms with Crippen LogP contribution in [0, 0.1) is 0 Å². The van der Waals surface area contributed by atoms with Crippen molar-refractivity contribution in [3.8, 4) is 11.3 Å². The lowest BCUT2D eigenvalue weighted by Crippen LogP contribution is -2.21. The predicted octanol–water partition coefficient (Wildman–Crippen LogP) is 3.14. The average molecular weight is 327 g/mol. The highest BCUT2D eigenvalue weighted by molar-refractivity contribution is 5.76. The summed E-state index contributed by atoms with van der Waals surface area (Å²) in [7, 11) is 1.73. The van der Waals surface area contributed by atoms with E-state index >= 15 is 0 Å². The van der Waals surface area contributed by atoms with E-state index in [2.05, 4.69) is 28.9 Å². The average Bonchev–Trinajstić information content (AvgIpc) is 2.93. The molecule has 0 bridgehead atoms. The monoisotopic (exact) mass is 327 g/mol. The van der Waals surface area contributed by atoms with Crippen LogP contribution in [0.2, 0.25) is 0 Å². The smallest absolute Gasteiger partial charge is 0.220 e. The molecule has 128 valence electrons. The molecule has 2 heterocycles. The van der Waals surface area contributed by atoms with Gasteiger partial charge in [0.2, 0.25) is 5.91 Å². The van der Waals surface area contributed by atoms with E-state index in [4.69, 9.17) is 9.72 Å². The topological polar surface area (TPSA) is 56.1 Å². The number of benzene rings is 1. The Morgan fingerprint density at radius 2 is 2.12 bits per heavy atom. The van der Waals surface area contributed by atoms with Crippen molar-refractivity contribution < 1.29 is 9.53 Å². The Labute approximate surface area is 143 Å². The maximum Gasteiger partial charge on any atom is 0.220 e. The molecule has 1 aliphatic heterocycles. The van der Waals surface area contributed by atoms with Crippen LogP contribution in [-0.2, 0) is 9.53 Å². The minimum Gasteiger partial charge on any atom is -0.384 e. The number of methoxy groups -OCH3 is 1. The molecule has 2 unspecified atom stereocenters. The molecule has 2 aromatic rings. The quantitative estimate of drug-likeness (QED) is 0.918. The number of carbonyl (C=O) groups excluding carboxylic acids is 1. The summed E-state index contributed by atoms with van der Waals surface area (Å²) < 4.78 is 7.66. The molecular weight excluding hydrogens is 302 g/mol. The Kier molecular flexibility index (Phi) is 5.30. The molecule has 0 radical (unpaired) electrons. The summed E-state index contributed by atoms with van der Waals surface area (Å²) >= 11 is 0. The molecule has 1 aromatic carbocycles. The molecule has 1 saturated heterocycles. The van der Waals surface area contributed by atoms with Gasteiger partial charge in [-0.1, -0.05) is 37.3 Å². The number of ether oxygens (including phenoxy) is 1. The highest BCUT2D eigenvalue weighted by Gasteiger charge is 2.25. The van der Waals surface area contributed by atoms with E-state index in [1.54, 1.807) is 7.11 Å². The van der Waals surface area contributed by atoms with Crippen LogP contribution in [0.5, 0.6) is 0 Å². The summed E-state index contributed by atoms with van der Waals surface area (Å²) in [5.41, 5.74) is 3.34. The molecule has 1 fully saturated rings. The third-order valence-corrected chi connectivity index (χ3v) is 4.66. The van der Waals surface area contributed by atoms with Gasteiger partial charge >= 0.3 is 0 Å². The molecule has 1 aliphatic rings. The fourth-order valence-electron chi connectivity index (χ4n) is 3.48. The first-order chi connectivity index (χ1) is 11.7. The fraction of sp³-hybridized carbons (Fsp3) is 0.474. The highest BCUT2D eigenvalue weighted by Crippen LogP contribution is 2.33. The second-order valence-corrected chi connectivity index (χ2v) is 6.44. The molecule has 24 heavy (non-hydrogen) atoms. The Bertz CT molecular complexity index is 681. The second kappa shape index (κ2) is 7.62. The van der Waals surface area contributed by atoms with Crippen LogP contribution in [0.4, 0.5) is 0 Å². The van der Waals surface area contributed by atoms with Crippen LogP contribution >= 0.6 is 0 Å². The molecule has 1 aromatic heterocycles. The zero-order valence-corrected chi connectivity index (χ0v) is 14.4. The molecule has 5 heteroatoms. The number of imidazole rings is 1. The summed E-state index contributed by atoms with van der Waals surface area (Å²) in [4.78, 5) is 16.4. The van der Waals surface area contributed by atoms with Crippen molar-refractivity contribution in [1.82, 2.24) is 14.9 Å². The Morgan fingerprint density at radius 1 is 1.33 bits per heavy atom. The molecule has 0 saturated carbocycles. The van der Waals surface area contributed by atoms with Gasteiger partial charge in [-0.2, -0.15) is 0 Å². The minimum absolute atomic E-state index is 0.146. The lowest BCUT2D eigenvalue weighted by atomic mass is 10.00. The fourth-order valence-corrected chi connectivity index (χ4v) is 3.48. The van der Waals surface area contributed by atoms with Crippen molar-refractivity contribution in [3.63, 3.8) is 0 Å². The van der Waals surface area contributed by atoms with Crippen LogP contribution in [0.15, 0.2) is 36.7 Å². The Hall–Kier alpha value is -2.14. The van der Waals surface area contributed by atoms with Gasteiger partial charge in [0.15, 0.2) is 0 Å². The number of rotatable bonds is 5. The van der Waals surface area contributed by atoms with Crippen LogP contribution in [0.25, 0.3) is 11.3 Å². The van der Waals surface area contributed by atoms with E-state index in [-0.39, 0.29) is 11.8 Å². The SMILES string of the molecule is COCC(C)c1c(-c2ccccc2)ncn1C1CCNC(=O)CC1.